The van der Waals surface area contributed by atoms with E-state index in [4.69, 9.17) is 25.4 Å². The average Bonchev–Trinajstić information content (AvgIpc) is 2.20. The van der Waals surface area contributed by atoms with Gasteiger partial charge in [-0.2, -0.15) is 0 Å². The van der Waals surface area contributed by atoms with Crippen molar-refractivity contribution in [1.29, 1.82) is 5.41 Å². The van der Waals surface area contributed by atoms with Crippen LogP contribution in [0.25, 0.3) is 0 Å². The first-order valence-corrected chi connectivity index (χ1v) is 5.24. The van der Waals surface area contributed by atoms with Crippen molar-refractivity contribution in [3.8, 4) is 0 Å². The summed E-state index contributed by atoms with van der Waals surface area (Å²) in [5, 5.41) is 7.01. The van der Waals surface area contributed by atoms with Crippen LogP contribution in [0.3, 0.4) is 0 Å². The predicted octanol–water partition coefficient (Wildman–Crippen LogP) is 0.772. The number of hydrogen-bond donors (Lipinski definition) is 2. The van der Waals surface area contributed by atoms with E-state index in [-0.39, 0.29) is 5.84 Å². The van der Waals surface area contributed by atoms with Gasteiger partial charge >= 0.3 is 0 Å². The Morgan fingerprint density at radius 3 is 2.20 bits per heavy atom. The summed E-state index contributed by atoms with van der Waals surface area (Å²) in [7, 11) is 1.65. The molecule has 5 nitrogen and oxygen atoms in total. The molecule has 15 heavy (non-hydrogen) atoms. The van der Waals surface area contributed by atoms with Crippen LogP contribution >= 0.6 is 0 Å². The molecule has 0 aromatic carbocycles. The maximum Gasteiger partial charge on any atom is 0.0905 e. The molecule has 0 fully saturated rings. The van der Waals surface area contributed by atoms with Crippen molar-refractivity contribution in [3.63, 3.8) is 0 Å². The van der Waals surface area contributed by atoms with Gasteiger partial charge in [0.1, 0.15) is 0 Å². The Balaban J connectivity index is 2.89. The van der Waals surface area contributed by atoms with Gasteiger partial charge in [0.2, 0.25) is 0 Å². The lowest BCUT2D eigenvalue weighted by Crippen LogP contribution is -2.10. The molecule has 0 aromatic heterocycles. The van der Waals surface area contributed by atoms with Crippen molar-refractivity contribution in [2.75, 3.05) is 40.1 Å². The Labute approximate surface area is 91.4 Å². The summed E-state index contributed by atoms with van der Waals surface area (Å²) in [6, 6.07) is 0. The van der Waals surface area contributed by atoms with Crippen molar-refractivity contribution in [3.05, 3.63) is 0 Å². The third-order valence-electron chi connectivity index (χ3n) is 1.79. The van der Waals surface area contributed by atoms with E-state index in [1.54, 1.807) is 7.11 Å². The van der Waals surface area contributed by atoms with E-state index in [1.807, 2.05) is 0 Å². The fourth-order valence-electron chi connectivity index (χ4n) is 0.984. The molecule has 0 atom stereocenters. The molecule has 0 amide bonds. The summed E-state index contributed by atoms with van der Waals surface area (Å²) in [5.41, 5.74) is 5.21. The summed E-state index contributed by atoms with van der Waals surface area (Å²) in [5.74, 6) is 0.248. The van der Waals surface area contributed by atoms with Gasteiger partial charge in [-0.15, -0.1) is 0 Å². The van der Waals surface area contributed by atoms with Crippen LogP contribution in [-0.4, -0.2) is 46.0 Å². The van der Waals surface area contributed by atoms with Gasteiger partial charge in [-0.1, -0.05) is 0 Å². The van der Waals surface area contributed by atoms with E-state index in [0.717, 1.165) is 12.8 Å². The molecule has 0 aliphatic heterocycles. The number of rotatable bonds is 11. The van der Waals surface area contributed by atoms with Crippen LogP contribution in [-0.2, 0) is 14.2 Å². The number of unbranched alkanes of at least 4 members (excludes halogenated alkanes) is 1. The predicted molar refractivity (Wildman–Crippen MR) is 59.3 cm³/mol. The number of nitrogens with one attached hydrogen (secondary N) is 1. The molecule has 3 N–H and O–H groups in total. The van der Waals surface area contributed by atoms with Crippen molar-refractivity contribution in [1.82, 2.24) is 0 Å². The second-order valence-electron chi connectivity index (χ2n) is 3.20. The number of ether oxygens (including phenoxy) is 3. The van der Waals surface area contributed by atoms with E-state index in [9.17, 15) is 0 Å². The minimum absolute atomic E-state index is 0.248. The van der Waals surface area contributed by atoms with E-state index in [0.29, 0.717) is 39.5 Å². The van der Waals surface area contributed by atoms with Gasteiger partial charge in [0.05, 0.1) is 32.3 Å². The summed E-state index contributed by atoms with van der Waals surface area (Å²) in [6.45, 7) is 3.17. The number of hydrogen-bond acceptors (Lipinski definition) is 4. The molecule has 0 aromatic rings. The number of methoxy groups -OCH3 is 1. The third-order valence-corrected chi connectivity index (χ3v) is 1.79. The fraction of sp³-hybridized carbons (Fsp3) is 0.900. The molecule has 0 bridgehead atoms. The maximum atomic E-state index is 7.01. The maximum absolute atomic E-state index is 7.01. The van der Waals surface area contributed by atoms with Crippen LogP contribution in [0.2, 0.25) is 0 Å². The molecule has 0 spiro atoms. The van der Waals surface area contributed by atoms with Gasteiger partial charge in [-0.3, -0.25) is 5.41 Å². The molecular weight excluding hydrogens is 196 g/mol. The highest BCUT2D eigenvalue weighted by atomic mass is 16.5. The van der Waals surface area contributed by atoms with Gasteiger partial charge in [0.25, 0.3) is 0 Å². The minimum Gasteiger partial charge on any atom is -0.388 e. The topological polar surface area (TPSA) is 77.6 Å². The molecule has 0 radical (unpaired) electrons. The van der Waals surface area contributed by atoms with Crippen LogP contribution in [0.1, 0.15) is 19.3 Å². The van der Waals surface area contributed by atoms with Gasteiger partial charge in [-0.05, 0) is 12.8 Å². The molecular formula is C10H22N2O3. The molecule has 0 rings (SSSR count). The molecule has 0 unspecified atom stereocenters. The molecule has 0 saturated heterocycles. The molecule has 0 aliphatic rings. The van der Waals surface area contributed by atoms with Crippen molar-refractivity contribution in [2.45, 2.75) is 19.3 Å². The first-order chi connectivity index (χ1) is 7.27. The Hall–Kier alpha value is -0.650. The lowest BCUT2D eigenvalue weighted by atomic mass is 10.2. The first kappa shape index (κ1) is 14.3. The Bertz CT molecular complexity index is 154. The van der Waals surface area contributed by atoms with Crippen molar-refractivity contribution >= 4 is 5.84 Å². The SMILES string of the molecule is COCCOCCOCCCCC(=N)N. The largest absolute Gasteiger partial charge is 0.388 e. The zero-order valence-corrected chi connectivity index (χ0v) is 9.46. The van der Waals surface area contributed by atoms with E-state index < -0.39 is 0 Å². The van der Waals surface area contributed by atoms with E-state index in [1.165, 1.54) is 0 Å². The molecule has 5 heteroatoms. The standard InChI is InChI=1S/C10H22N2O3/c1-13-6-7-15-9-8-14-5-3-2-4-10(11)12/h2-9H2,1H3,(H3,11,12). The van der Waals surface area contributed by atoms with E-state index >= 15 is 0 Å². The average molecular weight is 218 g/mol. The summed E-state index contributed by atoms with van der Waals surface area (Å²) >= 11 is 0. The second-order valence-corrected chi connectivity index (χ2v) is 3.20. The van der Waals surface area contributed by atoms with Crippen LogP contribution in [0, 0.1) is 5.41 Å². The lowest BCUT2D eigenvalue weighted by Gasteiger charge is -2.05. The highest BCUT2D eigenvalue weighted by Crippen LogP contribution is 1.94. The van der Waals surface area contributed by atoms with Gasteiger partial charge in [-0.25, -0.2) is 0 Å². The Morgan fingerprint density at radius 1 is 1.00 bits per heavy atom. The summed E-state index contributed by atoms with van der Waals surface area (Å²) in [6.07, 6.45) is 2.52. The quantitative estimate of drug-likeness (QED) is 0.305. The molecule has 90 valence electrons. The minimum atomic E-state index is 0.248. The normalized spacial score (nSPS) is 10.5. The molecule has 0 aliphatic carbocycles. The van der Waals surface area contributed by atoms with Gasteiger partial charge in [0, 0.05) is 20.1 Å². The van der Waals surface area contributed by atoms with Crippen molar-refractivity contribution in [2.24, 2.45) is 5.73 Å². The van der Waals surface area contributed by atoms with Crippen LogP contribution in [0.5, 0.6) is 0 Å². The number of nitrogens with two attached hydrogens (primary N) is 1. The monoisotopic (exact) mass is 218 g/mol. The first-order valence-electron chi connectivity index (χ1n) is 5.24. The van der Waals surface area contributed by atoms with E-state index in [2.05, 4.69) is 0 Å². The zero-order chi connectivity index (χ0) is 11.4. The van der Waals surface area contributed by atoms with Crippen LogP contribution < -0.4 is 5.73 Å². The van der Waals surface area contributed by atoms with Gasteiger partial charge in [0.15, 0.2) is 0 Å². The highest BCUT2D eigenvalue weighted by Gasteiger charge is 1.92. The number of amidine groups is 1. The Morgan fingerprint density at radius 2 is 1.60 bits per heavy atom. The lowest BCUT2D eigenvalue weighted by molar-refractivity contribution is 0.0241. The van der Waals surface area contributed by atoms with Crippen LogP contribution in [0.4, 0.5) is 0 Å². The fourth-order valence-corrected chi connectivity index (χ4v) is 0.984. The molecule has 0 heterocycles. The summed E-state index contributed by atoms with van der Waals surface area (Å²) in [4.78, 5) is 0. The second kappa shape index (κ2) is 11.4. The summed E-state index contributed by atoms with van der Waals surface area (Å²) < 4.78 is 15.4. The molecule has 0 saturated carbocycles. The van der Waals surface area contributed by atoms with Gasteiger partial charge < -0.3 is 19.9 Å². The van der Waals surface area contributed by atoms with Crippen molar-refractivity contribution < 1.29 is 14.2 Å². The highest BCUT2D eigenvalue weighted by molar-refractivity contribution is 5.76. The third kappa shape index (κ3) is 13.3. The van der Waals surface area contributed by atoms with Crippen LogP contribution in [0.15, 0.2) is 0 Å². The smallest absolute Gasteiger partial charge is 0.0905 e. The Kier molecular flexibility index (Phi) is 10.9. The zero-order valence-electron chi connectivity index (χ0n) is 9.46.